The Hall–Kier alpha value is -1.41. The number of carbonyl (C=O) groups excluding carboxylic acids is 2. The zero-order valence-electron chi connectivity index (χ0n) is 10.9. The van der Waals surface area contributed by atoms with Crippen LogP contribution >= 0.6 is 15.9 Å². The first-order chi connectivity index (χ1) is 9.26. The van der Waals surface area contributed by atoms with Crippen molar-refractivity contribution in [3.8, 4) is 0 Å². The molecule has 110 valence electrons. The molecule has 1 unspecified atom stereocenters. The normalized spacial score (nSPS) is 12.6. The molecule has 1 amide bonds. The van der Waals surface area contributed by atoms with Crippen molar-refractivity contribution in [3.05, 3.63) is 28.7 Å². The second-order valence-corrected chi connectivity index (χ2v) is 6.96. The maximum Gasteiger partial charge on any atom is 0.329 e. The summed E-state index contributed by atoms with van der Waals surface area (Å²) in [7, 11) is -2.60. The van der Waals surface area contributed by atoms with Crippen LogP contribution in [0.15, 0.2) is 33.6 Å². The molecule has 6 nitrogen and oxygen atoms in total. The van der Waals surface area contributed by atoms with Crippen LogP contribution in [0.25, 0.3) is 0 Å². The van der Waals surface area contributed by atoms with Gasteiger partial charge in [0, 0.05) is 11.4 Å². The van der Waals surface area contributed by atoms with Crippen LogP contribution < -0.4 is 5.32 Å². The molecule has 20 heavy (non-hydrogen) atoms. The van der Waals surface area contributed by atoms with Gasteiger partial charge < -0.3 is 10.1 Å². The number of esters is 1. The van der Waals surface area contributed by atoms with Gasteiger partial charge in [0.1, 0.15) is 6.04 Å². The molecule has 8 heteroatoms. The average Bonchev–Trinajstić information content (AvgIpc) is 2.36. The first-order valence-electron chi connectivity index (χ1n) is 5.59. The predicted octanol–water partition coefficient (Wildman–Crippen LogP) is 0.900. The molecule has 0 aliphatic rings. The standard InChI is InChI=1S/C12H14BrNO5S/c1-8(15)14-11(12(16)19-2)7-20(17,18)10-5-3-4-9(13)6-10/h3-6,11H,7H2,1-2H3,(H,14,15). The molecular weight excluding hydrogens is 350 g/mol. The molecule has 0 saturated heterocycles. The lowest BCUT2D eigenvalue weighted by Gasteiger charge is -2.15. The van der Waals surface area contributed by atoms with E-state index in [1.54, 1.807) is 12.1 Å². The summed E-state index contributed by atoms with van der Waals surface area (Å²) in [5.41, 5.74) is 0. The number of rotatable bonds is 5. The molecule has 0 radical (unpaired) electrons. The highest BCUT2D eigenvalue weighted by Gasteiger charge is 2.28. The van der Waals surface area contributed by atoms with E-state index in [1.165, 1.54) is 19.1 Å². The number of sulfone groups is 1. The van der Waals surface area contributed by atoms with E-state index in [9.17, 15) is 18.0 Å². The highest BCUT2D eigenvalue weighted by molar-refractivity contribution is 9.10. The number of hydrogen-bond acceptors (Lipinski definition) is 5. The molecule has 0 spiro atoms. The quantitative estimate of drug-likeness (QED) is 0.785. The SMILES string of the molecule is COC(=O)C(CS(=O)(=O)c1cccc(Br)c1)NC(C)=O. The van der Waals surface area contributed by atoms with Crippen molar-refractivity contribution in [2.45, 2.75) is 17.9 Å². The molecular formula is C12H14BrNO5S. The molecule has 1 N–H and O–H groups in total. The molecule has 0 bridgehead atoms. The number of methoxy groups -OCH3 is 1. The maximum atomic E-state index is 12.2. The van der Waals surface area contributed by atoms with Gasteiger partial charge in [-0.2, -0.15) is 0 Å². The highest BCUT2D eigenvalue weighted by Crippen LogP contribution is 2.18. The van der Waals surface area contributed by atoms with Crippen LogP contribution in [0.2, 0.25) is 0 Å². The van der Waals surface area contributed by atoms with E-state index in [1.807, 2.05) is 0 Å². The maximum absolute atomic E-state index is 12.2. The first-order valence-corrected chi connectivity index (χ1v) is 8.04. The summed E-state index contributed by atoms with van der Waals surface area (Å²) in [6.45, 7) is 1.20. The van der Waals surface area contributed by atoms with Crippen molar-refractivity contribution in [2.75, 3.05) is 12.9 Å². The Kier molecular flexibility index (Phi) is 5.70. The summed E-state index contributed by atoms with van der Waals surface area (Å²) in [6, 6.07) is 4.87. The lowest BCUT2D eigenvalue weighted by Crippen LogP contribution is -2.45. The van der Waals surface area contributed by atoms with Gasteiger partial charge in [-0.3, -0.25) is 4.79 Å². The van der Waals surface area contributed by atoms with E-state index in [0.29, 0.717) is 4.47 Å². The van der Waals surface area contributed by atoms with Crippen LogP contribution in [0.1, 0.15) is 6.92 Å². The third-order valence-corrected chi connectivity index (χ3v) is 4.64. The number of halogens is 1. The third kappa shape index (κ3) is 4.61. The summed E-state index contributed by atoms with van der Waals surface area (Å²) in [5.74, 6) is -1.88. The molecule has 0 aliphatic heterocycles. The largest absolute Gasteiger partial charge is 0.467 e. The van der Waals surface area contributed by atoms with E-state index in [0.717, 1.165) is 7.11 Å². The summed E-state index contributed by atoms with van der Waals surface area (Å²) >= 11 is 3.18. The summed E-state index contributed by atoms with van der Waals surface area (Å²) in [5, 5.41) is 2.27. The molecule has 0 heterocycles. The van der Waals surface area contributed by atoms with Gasteiger partial charge in [0.2, 0.25) is 5.91 Å². The Labute approximate surface area is 125 Å². The van der Waals surface area contributed by atoms with Crippen LogP contribution in [-0.2, 0) is 24.2 Å². The Morgan fingerprint density at radius 3 is 2.55 bits per heavy atom. The number of benzene rings is 1. The lowest BCUT2D eigenvalue weighted by atomic mass is 10.3. The number of amides is 1. The van der Waals surface area contributed by atoms with Gasteiger partial charge in [0.15, 0.2) is 9.84 Å². The first kappa shape index (κ1) is 16.6. The van der Waals surface area contributed by atoms with E-state index in [2.05, 4.69) is 26.0 Å². The predicted molar refractivity (Wildman–Crippen MR) is 75.8 cm³/mol. The van der Waals surface area contributed by atoms with E-state index >= 15 is 0 Å². The van der Waals surface area contributed by atoms with Crippen LogP contribution in [-0.4, -0.2) is 39.2 Å². The lowest BCUT2D eigenvalue weighted by molar-refractivity contribution is -0.144. The fourth-order valence-corrected chi connectivity index (χ4v) is 3.53. The highest BCUT2D eigenvalue weighted by atomic mass is 79.9. The second-order valence-electron chi connectivity index (χ2n) is 4.02. The smallest absolute Gasteiger partial charge is 0.329 e. The molecule has 0 aromatic heterocycles. The van der Waals surface area contributed by atoms with E-state index < -0.39 is 33.5 Å². The topological polar surface area (TPSA) is 89.5 Å². The molecule has 1 aromatic rings. The molecule has 1 aromatic carbocycles. The summed E-state index contributed by atoms with van der Waals surface area (Å²) in [4.78, 5) is 22.6. The van der Waals surface area contributed by atoms with Gasteiger partial charge in [-0.1, -0.05) is 22.0 Å². The Morgan fingerprint density at radius 2 is 2.05 bits per heavy atom. The van der Waals surface area contributed by atoms with Crippen molar-refractivity contribution in [1.29, 1.82) is 0 Å². The van der Waals surface area contributed by atoms with E-state index in [-0.39, 0.29) is 4.90 Å². The second kappa shape index (κ2) is 6.85. The van der Waals surface area contributed by atoms with Gasteiger partial charge in [-0.05, 0) is 18.2 Å². The fourth-order valence-electron chi connectivity index (χ4n) is 1.53. The number of hydrogen-bond donors (Lipinski definition) is 1. The Balaban J connectivity index is 3.02. The summed E-state index contributed by atoms with van der Waals surface area (Å²) in [6.07, 6.45) is 0. The minimum Gasteiger partial charge on any atom is -0.467 e. The number of ether oxygens (including phenoxy) is 1. The van der Waals surface area contributed by atoms with Crippen LogP contribution in [0, 0.1) is 0 Å². The number of nitrogens with one attached hydrogen (secondary N) is 1. The van der Waals surface area contributed by atoms with Gasteiger partial charge in [0.25, 0.3) is 0 Å². The molecule has 0 saturated carbocycles. The summed E-state index contributed by atoms with van der Waals surface area (Å²) < 4.78 is 29.5. The molecule has 1 atom stereocenters. The van der Waals surface area contributed by atoms with Crippen LogP contribution in [0.4, 0.5) is 0 Å². The number of carbonyl (C=O) groups is 2. The molecule has 1 rings (SSSR count). The molecule has 0 fully saturated rings. The average molecular weight is 364 g/mol. The van der Waals surface area contributed by atoms with Crippen molar-refractivity contribution >= 4 is 37.6 Å². The van der Waals surface area contributed by atoms with Crippen LogP contribution in [0.3, 0.4) is 0 Å². The Morgan fingerprint density at radius 1 is 1.40 bits per heavy atom. The minimum atomic E-state index is -3.73. The zero-order chi connectivity index (χ0) is 15.3. The van der Waals surface area contributed by atoms with Crippen LogP contribution in [0.5, 0.6) is 0 Å². The van der Waals surface area contributed by atoms with E-state index in [4.69, 9.17) is 0 Å². The third-order valence-electron chi connectivity index (χ3n) is 2.40. The Bertz CT molecular complexity index is 614. The van der Waals surface area contributed by atoms with Gasteiger partial charge in [0.05, 0.1) is 17.8 Å². The van der Waals surface area contributed by atoms with Crippen molar-refractivity contribution in [3.63, 3.8) is 0 Å². The fraction of sp³-hybridized carbons (Fsp3) is 0.333. The monoisotopic (exact) mass is 363 g/mol. The van der Waals surface area contributed by atoms with Gasteiger partial charge >= 0.3 is 5.97 Å². The van der Waals surface area contributed by atoms with Gasteiger partial charge in [-0.15, -0.1) is 0 Å². The molecule has 0 aliphatic carbocycles. The zero-order valence-corrected chi connectivity index (χ0v) is 13.3. The van der Waals surface area contributed by atoms with Crippen molar-refractivity contribution in [2.24, 2.45) is 0 Å². The van der Waals surface area contributed by atoms with Crippen molar-refractivity contribution in [1.82, 2.24) is 5.32 Å². The minimum absolute atomic E-state index is 0.0612. The van der Waals surface area contributed by atoms with Gasteiger partial charge in [-0.25, -0.2) is 13.2 Å². The van der Waals surface area contributed by atoms with Crippen molar-refractivity contribution < 1.29 is 22.7 Å².